The minimum absolute atomic E-state index is 0.00407. The molecule has 5 heteroatoms. The molecule has 0 aromatic heterocycles. The summed E-state index contributed by atoms with van der Waals surface area (Å²) in [7, 11) is 0. The third kappa shape index (κ3) is 1.53. The maximum Gasteiger partial charge on any atom is 0.412 e. The van der Waals surface area contributed by atoms with Gasteiger partial charge in [-0.25, -0.2) is 4.79 Å². The van der Waals surface area contributed by atoms with Crippen LogP contribution in [-0.4, -0.2) is 11.1 Å². The molecule has 0 amide bonds. The first-order valence-corrected chi connectivity index (χ1v) is 4.11. The summed E-state index contributed by atoms with van der Waals surface area (Å²) in [5, 5.41) is 17.2. The molecule has 0 unspecified atom stereocenters. The molecule has 12 heavy (non-hydrogen) atoms. The predicted octanol–water partition coefficient (Wildman–Crippen LogP) is 2.47. The van der Waals surface area contributed by atoms with Crippen LogP contribution < -0.4 is 0 Å². The Morgan fingerprint density at radius 3 is 2.67 bits per heavy atom. The summed E-state index contributed by atoms with van der Waals surface area (Å²) in [4.78, 5) is 13.5. The van der Waals surface area contributed by atoms with Gasteiger partial charge in [0.15, 0.2) is 10.5 Å². The summed E-state index contributed by atoms with van der Waals surface area (Å²) in [5.41, 5.74) is 0.106. The van der Waals surface area contributed by atoms with Crippen LogP contribution in [0.15, 0.2) is 18.2 Å². The van der Waals surface area contributed by atoms with Crippen molar-refractivity contribution in [3.05, 3.63) is 32.3 Å². The highest BCUT2D eigenvalue weighted by Gasteiger charge is 2.22. The van der Waals surface area contributed by atoms with E-state index in [-0.39, 0.29) is 11.3 Å². The van der Waals surface area contributed by atoms with Crippen molar-refractivity contribution in [1.82, 2.24) is 0 Å². The third-order valence-electron chi connectivity index (χ3n) is 1.32. The van der Waals surface area contributed by atoms with Crippen LogP contribution in [0.3, 0.4) is 0 Å². The summed E-state index contributed by atoms with van der Waals surface area (Å²) in [6.45, 7) is 0. The first kappa shape index (κ1) is 8.93. The lowest BCUT2D eigenvalue weighted by molar-refractivity contribution is 0.0698. The molecule has 0 aliphatic heterocycles. The van der Waals surface area contributed by atoms with Gasteiger partial charge < -0.3 is 5.11 Å². The summed E-state index contributed by atoms with van der Waals surface area (Å²) in [5.74, 6) is -1.10. The molecule has 0 radical (unpaired) electrons. The molecule has 0 saturated carbocycles. The van der Waals surface area contributed by atoms with Crippen molar-refractivity contribution in [2.24, 2.45) is 0 Å². The van der Waals surface area contributed by atoms with Crippen LogP contribution in [-0.2, 0) is 0 Å². The van der Waals surface area contributed by atoms with Crippen molar-refractivity contribution in [2.75, 3.05) is 0 Å². The van der Waals surface area contributed by atoms with E-state index in [1.54, 1.807) is 12.1 Å². The van der Waals surface area contributed by atoms with Crippen LogP contribution in [0.1, 0.15) is 10.4 Å². The van der Waals surface area contributed by atoms with E-state index in [4.69, 9.17) is 10.5 Å². The highest BCUT2D eigenvalue weighted by Crippen LogP contribution is 2.25. The quantitative estimate of drug-likeness (QED) is 0.632. The van der Waals surface area contributed by atoms with E-state index in [1.165, 1.54) is 6.07 Å². The first-order chi connectivity index (χ1) is 5.66. The van der Waals surface area contributed by atoms with Crippen molar-refractivity contribution in [3.63, 3.8) is 0 Å². The number of carbonyl (C=O) groups is 1. The maximum absolute atomic E-state index is 10.6. The fraction of sp³-hybridized carbons (Fsp3) is 0. The molecule has 0 heterocycles. The molecule has 4 nitrogen and oxygen atoms in total. The van der Waals surface area contributed by atoms with Crippen LogP contribution in [0.4, 0.5) is 5.69 Å². The summed E-state index contributed by atoms with van der Waals surface area (Å²) < 4.78 is 0.606. The van der Waals surface area contributed by atoms with E-state index in [0.717, 1.165) is 0 Å². The van der Waals surface area contributed by atoms with Gasteiger partial charge in [-0.1, -0.05) is 6.07 Å². The standard InChI is InChI=1S/C7H3IN2O2/c8-5-3-1-2-4(7(11)12)6(5)10-9/h1-3H/p+1. The van der Waals surface area contributed by atoms with Gasteiger partial charge in [0.2, 0.25) is 5.39 Å². The van der Waals surface area contributed by atoms with E-state index < -0.39 is 5.97 Å². The van der Waals surface area contributed by atoms with Crippen molar-refractivity contribution < 1.29 is 9.90 Å². The third-order valence-corrected chi connectivity index (χ3v) is 2.19. The highest BCUT2D eigenvalue weighted by atomic mass is 127. The van der Waals surface area contributed by atoms with E-state index in [1.807, 2.05) is 22.6 Å². The van der Waals surface area contributed by atoms with Crippen molar-refractivity contribution >= 4 is 34.2 Å². The van der Waals surface area contributed by atoms with Gasteiger partial charge in [0.1, 0.15) is 3.57 Å². The molecule has 0 bridgehead atoms. The Hall–Kier alpha value is -1.16. The Morgan fingerprint density at radius 2 is 2.25 bits per heavy atom. The Kier molecular flexibility index (Phi) is 2.60. The fourth-order valence-corrected chi connectivity index (χ4v) is 1.40. The lowest BCUT2D eigenvalue weighted by Crippen LogP contribution is -1.96. The van der Waals surface area contributed by atoms with Crippen LogP contribution in [0.25, 0.3) is 4.98 Å². The number of carboxylic acids is 1. The minimum atomic E-state index is -1.10. The van der Waals surface area contributed by atoms with Crippen LogP contribution >= 0.6 is 22.6 Å². The first-order valence-electron chi connectivity index (χ1n) is 3.03. The van der Waals surface area contributed by atoms with Gasteiger partial charge in [-0.15, -0.1) is 0 Å². The second kappa shape index (κ2) is 3.49. The number of nitrogens with zero attached hydrogens (tertiary/aromatic N) is 2. The molecule has 0 aliphatic carbocycles. The van der Waals surface area contributed by atoms with Gasteiger partial charge in [-0.2, -0.15) is 0 Å². The second-order valence-electron chi connectivity index (χ2n) is 2.04. The van der Waals surface area contributed by atoms with Crippen molar-refractivity contribution in [3.8, 4) is 0 Å². The Morgan fingerprint density at radius 1 is 1.58 bits per heavy atom. The molecule has 60 valence electrons. The van der Waals surface area contributed by atoms with E-state index >= 15 is 0 Å². The molecular formula is C7H4IN2O2+. The van der Waals surface area contributed by atoms with Gasteiger partial charge in [0.05, 0.1) is 0 Å². The van der Waals surface area contributed by atoms with Gasteiger partial charge in [0.25, 0.3) is 0 Å². The van der Waals surface area contributed by atoms with Gasteiger partial charge in [-0.05, 0) is 34.7 Å². The zero-order chi connectivity index (χ0) is 9.14. The van der Waals surface area contributed by atoms with Crippen molar-refractivity contribution in [1.29, 1.82) is 5.39 Å². The predicted molar refractivity (Wildman–Crippen MR) is 50.9 cm³/mol. The maximum atomic E-state index is 10.6. The molecular weight excluding hydrogens is 271 g/mol. The molecule has 1 N–H and O–H groups in total. The average Bonchev–Trinajstić information content (AvgIpc) is 2.03. The fourth-order valence-electron chi connectivity index (χ4n) is 0.790. The minimum Gasteiger partial charge on any atom is -0.477 e. The van der Waals surface area contributed by atoms with E-state index in [0.29, 0.717) is 3.57 Å². The molecule has 0 fully saturated rings. The number of rotatable bonds is 1. The van der Waals surface area contributed by atoms with E-state index in [9.17, 15) is 4.79 Å². The largest absolute Gasteiger partial charge is 0.477 e. The van der Waals surface area contributed by atoms with Gasteiger partial charge >= 0.3 is 11.7 Å². The molecule has 1 rings (SSSR count). The SMILES string of the molecule is N#[N+]c1c(I)cccc1C(=O)O. The second-order valence-corrected chi connectivity index (χ2v) is 3.20. The number of carboxylic acid groups (broad SMARTS) is 1. The topological polar surface area (TPSA) is 65.5 Å². The molecule has 1 aromatic rings. The highest BCUT2D eigenvalue weighted by molar-refractivity contribution is 14.1. The lowest BCUT2D eigenvalue weighted by atomic mass is 10.2. The number of halogens is 1. The Labute approximate surface area is 82.0 Å². The number of benzene rings is 1. The lowest BCUT2D eigenvalue weighted by Gasteiger charge is -1.89. The molecule has 0 spiro atoms. The Bertz CT molecular complexity index is 370. The number of aromatic carboxylic acids is 1. The normalized spacial score (nSPS) is 9.00. The van der Waals surface area contributed by atoms with Crippen LogP contribution in [0.5, 0.6) is 0 Å². The van der Waals surface area contributed by atoms with Crippen LogP contribution in [0.2, 0.25) is 0 Å². The molecule has 0 aliphatic rings. The average molecular weight is 275 g/mol. The zero-order valence-corrected chi connectivity index (χ0v) is 8.02. The molecule has 1 aromatic carbocycles. The van der Waals surface area contributed by atoms with Crippen LogP contribution in [0, 0.1) is 8.96 Å². The zero-order valence-electron chi connectivity index (χ0n) is 5.86. The van der Waals surface area contributed by atoms with Gasteiger partial charge in [-0.3, -0.25) is 0 Å². The summed E-state index contributed by atoms with van der Waals surface area (Å²) >= 11 is 1.90. The van der Waals surface area contributed by atoms with Crippen molar-refractivity contribution in [2.45, 2.75) is 0 Å². The molecule has 0 saturated heterocycles. The smallest absolute Gasteiger partial charge is 0.412 e. The molecule has 0 atom stereocenters. The summed E-state index contributed by atoms with van der Waals surface area (Å²) in [6.07, 6.45) is 0. The summed E-state index contributed by atoms with van der Waals surface area (Å²) in [6, 6.07) is 4.65. The number of diazo groups is 1. The monoisotopic (exact) mass is 275 g/mol. The number of hydrogen-bond donors (Lipinski definition) is 1. The van der Waals surface area contributed by atoms with Gasteiger partial charge in [0, 0.05) is 0 Å². The van der Waals surface area contributed by atoms with E-state index in [2.05, 4.69) is 4.98 Å². The Balaban J connectivity index is 3.40. The number of hydrogen-bond acceptors (Lipinski definition) is 2.